The van der Waals surface area contributed by atoms with Crippen LogP contribution in [0.15, 0.2) is 22.7 Å². The Morgan fingerprint density at radius 1 is 1.24 bits per heavy atom. The highest BCUT2D eigenvalue weighted by molar-refractivity contribution is 9.10. The van der Waals surface area contributed by atoms with E-state index in [1.807, 2.05) is 0 Å². The highest BCUT2D eigenvalue weighted by atomic mass is 79.9. The zero-order valence-corrected chi connectivity index (χ0v) is 14.7. The van der Waals surface area contributed by atoms with Crippen molar-refractivity contribution in [2.75, 3.05) is 11.9 Å². The summed E-state index contributed by atoms with van der Waals surface area (Å²) in [5.41, 5.74) is 2.59. The fourth-order valence-electron chi connectivity index (χ4n) is 1.96. The Labute approximate surface area is 138 Å². The van der Waals surface area contributed by atoms with Crippen LogP contribution in [0, 0.1) is 6.92 Å². The molecular formula is C15H18BrClN4. The molecule has 4 nitrogen and oxygen atoms in total. The van der Waals surface area contributed by atoms with Crippen LogP contribution in [0.25, 0.3) is 0 Å². The first-order chi connectivity index (χ1) is 9.95. The van der Waals surface area contributed by atoms with Crippen molar-refractivity contribution in [3.8, 4) is 0 Å². The summed E-state index contributed by atoms with van der Waals surface area (Å²) in [5.74, 6) is 1.66. The molecule has 0 radical (unpaired) electrons. The molecule has 0 saturated carbocycles. The zero-order chi connectivity index (χ0) is 15.4. The molecule has 0 saturated heterocycles. The maximum Gasteiger partial charge on any atom is 0.227 e. The third-order valence-electron chi connectivity index (χ3n) is 3.14. The zero-order valence-electron chi connectivity index (χ0n) is 12.3. The Kier molecular flexibility index (Phi) is 5.53. The number of anilines is 1. The third kappa shape index (κ3) is 4.64. The minimum atomic E-state index is 0.215. The van der Waals surface area contributed by atoms with Crippen molar-refractivity contribution in [3.63, 3.8) is 0 Å². The quantitative estimate of drug-likeness (QED) is 0.850. The molecule has 1 N–H and O–H groups in total. The lowest BCUT2D eigenvalue weighted by atomic mass is 10.0. The van der Waals surface area contributed by atoms with Gasteiger partial charge in [0, 0.05) is 11.0 Å². The Hall–Kier alpha value is -1.20. The first kappa shape index (κ1) is 16.2. The van der Waals surface area contributed by atoms with Crippen LogP contribution in [0.3, 0.4) is 0 Å². The highest BCUT2D eigenvalue weighted by Gasteiger charge is 2.05. The molecule has 0 fully saturated rings. The van der Waals surface area contributed by atoms with E-state index >= 15 is 0 Å². The van der Waals surface area contributed by atoms with Crippen LogP contribution >= 0.6 is 27.5 Å². The monoisotopic (exact) mass is 368 g/mol. The minimum absolute atomic E-state index is 0.215. The van der Waals surface area contributed by atoms with E-state index in [1.54, 1.807) is 6.92 Å². The molecule has 0 aliphatic rings. The molecule has 1 heterocycles. The van der Waals surface area contributed by atoms with Crippen molar-refractivity contribution in [1.29, 1.82) is 0 Å². The number of hydrogen-bond donors (Lipinski definition) is 1. The molecule has 0 bridgehead atoms. The van der Waals surface area contributed by atoms with Gasteiger partial charge in [-0.3, -0.25) is 0 Å². The summed E-state index contributed by atoms with van der Waals surface area (Å²) in [4.78, 5) is 12.2. The van der Waals surface area contributed by atoms with E-state index in [0.29, 0.717) is 17.7 Å². The molecule has 0 atom stereocenters. The number of nitrogens with zero attached hydrogens (tertiary/aromatic N) is 3. The second-order valence-electron chi connectivity index (χ2n) is 5.16. The summed E-state index contributed by atoms with van der Waals surface area (Å²) < 4.78 is 1.14. The van der Waals surface area contributed by atoms with Crippen molar-refractivity contribution >= 4 is 33.5 Å². The fourth-order valence-corrected chi connectivity index (χ4v) is 2.76. The second-order valence-corrected chi connectivity index (χ2v) is 6.35. The smallest absolute Gasteiger partial charge is 0.227 e. The Bertz CT molecular complexity index is 611. The van der Waals surface area contributed by atoms with Gasteiger partial charge >= 0.3 is 0 Å². The van der Waals surface area contributed by atoms with Gasteiger partial charge in [-0.2, -0.15) is 9.97 Å². The standard InChI is InChI=1S/C15H18BrClN4/c1-9(2)12-5-4-11(13(16)8-12)6-7-18-15-20-10(3)19-14(17)21-15/h4-5,8-9H,6-7H2,1-3H3,(H,18,19,20,21). The number of rotatable bonds is 5. The molecule has 112 valence electrons. The van der Waals surface area contributed by atoms with Crippen LogP contribution in [0.4, 0.5) is 5.95 Å². The van der Waals surface area contributed by atoms with Gasteiger partial charge in [-0.15, -0.1) is 0 Å². The molecule has 0 unspecified atom stereocenters. The molecule has 1 aromatic carbocycles. The molecule has 0 aliphatic heterocycles. The number of aromatic nitrogens is 3. The van der Waals surface area contributed by atoms with Gasteiger partial charge in [0.05, 0.1) is 0 Å². The van der Waals surface area contributed by atoms with Gasteiger partial charge in [-0.1, -0.05) is 41.9 Å². The molecule has 2 aromatic rings. The van der Waals surface area contributed by atoms with Gasteiger partial charge in [-0.25, -0.2) is 4.98 Å². The summed E-state index contributed by atoms with van der Waals surface area (Å²) in [6, 6.07) is 6.52. The maximum atomic E-state index is 5.81. The molecule has 1 aromatic heterocycles. The molecule has 2 rings (SSSR count). The van der Waals surface area contributed by atoms with E-state index in [2.05, 4.69) is 68.2 Å². The minimum Gasteiger partial charge on any atom is -0.354 e. The Morgan fingerprint density at radius 2 is 2.00 bits per heavy atom. The van der Waals surface area contributed by atoms with Crippen LogP contribution in [0.1, 0.15) is 36.7 Å². The van der Waals surface area contributed by atoms with E-state index in [-0.39, 0.29) is 5.28 Å². The van der Waals surface area contributed by atoms with Crippen LogP contribution in [-0.4, -0.2) is 21.5 Å². The number of halogens is 2. The maximum absolute atomic E-state index is 5.81. The number of aryl methyl sites for hydroxylation is 1. The molecule has 21 heavy (non-hydrogen) atoms. The van der Waals surface area contributed by atoms with Gasteiger partial charge in [0.1, 0.15) is 5.82 Å². The van der Waals surface area contributed by atoms with Crippen LogP contribution in [-0.2, 0) is 6.42 Å². The summed E-state index contributed by atoms with van der Waals surface area (Å²) in [6.45, 7) is 6.91. The predicted octanol–water partition coefficient (Wildman–Crippen LogP) is 4.37. The van der Waals surface area contributed by atoms with E-state index in [4.69, 9.17) is 11.6 Å². The van der Waals surface area contributed by atoms with Crippen LogP contribution in [0.2, 0.25) is 5.28 Å². The van der Waals surface area contributed by atoms with Gasteiger partial charge < -0.3 is 5.32 Å². The fraction of sp³-hybridized carbons (Fsp3) is 0.400. The second kappa shape index (κ2) is 7.18. The van der Waals surface area contributed by atoms with Crippen LogP contribution in [0.5, 0.6) is 0 Å². The number of nitrogens with one attached hydrogen (secondary N) is 1. The van der Waals surface area contributed by atoms with Crippen LogP contribution < -0.4 is 5.32 Å². The predicted molar refractivity (Wildman–Crippen MR) is 90.0 cm³/mol. The van der Waals surface area contributed by atoms with E-state index in [1.165, 1.54) is 11.1 Å². The van der Waals surface area contributed by atoms with E-state index in [9.17, 15) is 0 Å². The molecule has 0 amide bonds. The first-order valence-corrected chi connectivity index (χ1v) is 8.03. The highest BCUT2D eigenvalue weighted by Crippen LogP contribution is 2.23. The molecule has 0 aliphatic carbocycles. The summed E-state index contributed by atoms with van der Waals surface area (Å²) in [6.07, 6.45) is 0.876. The summed E-state index contributed by atoms with van der Waals surface area (Å²) in [7, 11) is 0. The Morgan fingerprint density at radius 3 is 2.62 bits per heavy atom. The van der Waals surface area contributed by atoms with Crippen molar-refractivity contribution in [1.82, 2.24) is 15.0 Å². The lowest BCUT2D eigenvalue weighted by Gasteiger charge is -2.10. The molecule has 6 heteroatoms. The average Bonchev–Trinajstić information content (AvgIpc) is 2.39. The number of benzene rings is 1. The molecular weight excluding hydrogens is 352 g/mol. The third-order valence-corrected chi connectivity index (χ3v) is 4.05. The molecule has 0 spiro atoms. The summed E-state index contributed by atoms with van der Waals surface area (Å²) in [5, 5.41) is 3.39. The topological polar surface area (TPSA) is 50.7 Å². The SMILES string of the molecule is Cc1nc(Cl)nc(NCCc2ccc(C(C)C)cc2Br)n1. The van der Waals surface area contributed by atoms with Gasteiger partial charge in [-0.05, 0) is 48.1 Å². The first-order valence-electron chi connectivity index (χ1n) is 6.86. The summed E-state index contributed by atoms with van der Waals surface area (Å²) >= 11 is 9.44. The van der Waals surface area contributed by atoms with Crippen molar-refractivity contribution in [2.45, 2.75) is 33.1 Å². The van der Waals surface area contributed by atoms with Crippen molar-refractivity contribution < 1.29 is 0 Å². The van der Waals surface area contributed by atoms with Gasteiger partial charge in [0.15, 0.2) is 0 Å². The Balaban J connectivity index is 1.97. The average molecular weight is 370 g/mol. The van der Waals surface area contributed by atoms with Crippen molar-refractivity contribution in [2.24, 2.45) is 0 Å². The lowest BCUT2D eigenvalue weighted by Crippen LogP contribution is -2.10. The van der Waals surface area contributed by atoms with Gasteiger partial charge in [0.2, 0.25) is 11.2 Å². The van der Waals surface area contributed by atoms with Gasteiger partial charge in [0.25, 0.3) is 0 Å². The van der Waals surface area contributed by atoms with Crippen molar-refractivity contribution in [3.05, 3.63) is 44.9 Å². The van der Waals surface area contributed by atoms with E-state index in [0.717, 1.165) is 17.4 Å². The largest absolute Gasteiger partial charge is 0.354 e. The lowest BCUT2D eigenvalue weighted by molar-refractivity contribution is 0.862. The van der Waals surface area contributed by atoms with E-state index < -0.39 is 0 Å². The number of hydrogen-bond acceptors (Lipinski definition) is 4. The normalized spacial score (nSPS) is 11.0.